The Morgan fingerprint density at radius 2 is 2.35 bits per heavy atom. The molecule has 0 amide bonds. The predicted octanol–water partition coefficient (Wildman–Crippen LogP) is 1.79. The molecule has 5 heteroatoms. The maximum Gasteiger partial charge on any atom is 0.317 e. The summed E-state index contributed by atoms with van der Waals surface area (Å²) in [6.45, 7) is 1.40. The van der Waals surface area contributed by atoms with Gasteiger partial charge in [0.1, 0.15) is 5.82 Å². The topological polar surface area (TPSA) is 49.8 Å². The summed E-state index contributed by atoms with van der Waals surface area (Å²) < 4.78 is 18.7. The first-order valence-corrected chi connectivity index (χ1v) is 6.80. The molecule has 1 N–H and O–H groups in total. The molecule has 4 nitrogen and oxygen atoms in total. The van der Waals surface area contributed by atoms with Crippen molar-refractivity contribution in [1.29, 1.82) is 0 Å². The highest BCUT2D eigenvalue weighted by molar-refractivity contribution is 5.69. The van der Waals surface area contributed by atoms with Crippen LogP contribution in [0.5, 0.6) is 0 Å². The molecule has 1 aliphatic heterocycles. The number of hydrogen-bond acceptors (Lipinski definition) is 3. The van der Waals surface area contributed by atoms with Gasteiger partial charge in [0, 0.05) is 13.7 Å². The summed E-state index contributed by atoms with van der Waals surface area (Å²) in [6, 6.07) is 6.62. The van der Waals surface area contributed by atoms with Gasteiger partial charge in [-0.2, -0.15) is 0 Å². The maximum atomic E-state index is 13.2. The molecular formula is C15H20FNO3. The molecule has 0 aromatic heterocycles. The molecule has 1 aromatic rings. The number of carboxylic acids is 1. The third kappa shape index (κ3) is 4.02. The number of ether oxygens (including phenoxy) is 1. The summed E-state index contributed by atoms with van der Waals surface area (Å²) in [7, 11) is 1.65. The highest BCUT2D eigenvalue weighted by Gasteiger charge is 2.30. The van der Waals surface area contributed by atoms with Crippen LogP contribution in [0.1, 0.15) is 12.0 Å². The highest BCUT2D eigenvalue weighted by atomic mass is 19.1. The van der Waals surface area contributed by atoms with Crippen LogP contribution in [0.15, 0.2) is 24.3 Å². The van der Waals surface area contributed by atoms with Gasteiger partial charge in [0.05, 0.1) is 12.6 Å². The molecule has 1 fully saturated rings. The smallest absolute Gasteiger partial charge is 0.317 e. The van der Waals surface area contributed by atoms with E-state index in [2.05, 4.69) is 0 Å². The van der Waals surface area contributed by atoms with Crippen LogP contribution in [0.2, 0.25) is 0 Å². The van der Waals surface area contributed by atoms with Gasteiger partial charge in [0.2, 0.25) is 0 Å². The molecule has 1 heterocycles. The number of aliphatic carboxylic acids is 1. The quantitative estimate of drug-likeness (QED) is 0.894. The van der Waals surface area contributed by atoms with Gasteiger partial charge < -0.3 is 9.84 Å². The zero-order valence-electron chi connectivity index (χ0n) is 11.6. The first kappa shape index (κ1) is 14.9. The second kappa shape index (κ2) is 6.81. The van der Waals surface area contributed by atoms with Crippen molar-refractivity contribution in [2.45, 2.75) is 18.9 Å². The number of carboxylic acid groups (broad SMARTS) is 1. The summed E-state index contributed by atoms with van der Waals surface area (Å²) in [5, 5.41) is 8.83. The molecule has 0 radical (unpaired) electrons. The van der Waals surface area contributed by atoms with Gasteiger partial charge in [0.15, 0.2) is 0 Å². The first-order valence-electron chi connectivity index (χ1n) is 6.80. The van der Waals surface area contributed by atoms with Crippen molar-refractivity contribution < 1.29 is 19.0 Å². The van der Waals surface area contributed by atoms with Crippen LogP contribution in [0.3, 0.4) is 0 Å². The predicted molar refractivity (Wildman–Crippen MR) is 73.1 cm³/mol. The van der Waals surface area contributed by atoms with Crippen molar-refractivity contribution in [2.24, 2.45) is 5.92 Å². The van der Waals surface area contributed by atoms with E-state index in [1.807, 2.05) is 11.0 Å². The Morgan fingerprint density at radius 3 is 3.00 bits per heavy atom. The SMILES string of the molecule is CO[C@H]1CN(CC(=O)O)CC[C@@H]1Cc1cccc(F)c1. The van der Waals surface area contributed by atoms with Gasteiger partial charge in [-0.05, 0) is 43.0 Å². The standard InChI is InChI=1S/C15H20FNO3/c1-20-14-9-17(10-15(18)19)6-5-12(14)7-11-3-2-4-13(16)8-11/h2-4,8,12,14H,5-7,9-10H2,1H3,(H,18,19)/t12-,14+/m1/s1. The van der Waals surface area contributed by atoms with Gasteiger partial charge in [-0.3, -0.25) is 9.69 Å². The number of hydrogen-bond donors (Lipinski definition) is 1. The highest BCUT2D eigenvalue weighted by Crippen LogP contribution is 2.24. The van der Waals surface area contributed by atoms with Crippen molar-refractivity contribution in [3.8, 4) is 0 Å². The van der Waals surface area contributed by atoms with E-state index in [1.165, 1.54) is 6.07 Å². The Bertz CT molecular complexity index is 466. The van der Waals surface area contributed by atoms with Gasteiger partial charge in [-0.25, -0.2) is 4.39 Å². The van der Waals surface area contributed by atoms with Crippen LogP contribution < -0.4 is 0 Å². The van der Waals surface area contributed by atoms with Crippen LogP contribution in [-0.4, -0.2) is 48.8 Å². The van der Waals surface area contributed by atoms with Gasteiger partial charge in [0.25, 0.3) is 0 Å². The molecule has 1 saturated heterocycles. The Labute approximate surface area is 118 Å². The van der Waals surface area contributed by atoms with Crippen LogP contribution in [0, 0.1) is 11.7 Å². The third-order valence-corrected chi connectivity index (χ3v) is 3.83. The zero-order valence-corrected chi connectivity index (χ0v) is 11.6. The normalized spacial score (nSPS) is 23.7. The molecule has 2 atom stereocenters. The van der Waals surface area contributed by atoms with Crippen molar-refractivity contribution >= 4 is 5.97 Å². The average Bonchev–Trinajstić information content (AvgIpc) is 2.40. The molecule has 20 heavy (non-hydrogen) atoms. The van der Waals surface area contributed by atoms with Crippen molar-refractivity contribution in [3.05, 3.63) is 35.6 Å². The van der Waals surface area contributed by atoms with Crippen molar-refractivity contribution in [2.75, 3.05) is 26.7 Å². The molecule has 0 bridgehead atoms. The number of rotatable bonds is 5. The summed E-state index contributed by atoms with van der Waals surface area (Å²) in [4.78, 5) is 12.6. The average molecular weight is 281 g/mol. The Balaban J connectivity index is 1.97. The first-order chi connectivity index (χ1) is 9.58. The number of halogens is 1. The van der Waals surface area contributed by atoms with Crippen LogP contribution in [0.4, 0.5) is 4.39 Å². The molecule has 0 unspecified atom stereocenters. The monoisotopic (exact) mass is 281 g/mol. The van der Waals surface area contributed by atoms with E-state index >= 15 is 0 Å². The van der Waals surface area contributed by atoms with E-state index in [1.54, 1.807) is 19.2 Å². The molecule has 1 aliphatic rings. The minimum Gasteiger partial charge on any atom is -0.480 e. The summed E-state index contributed by atoms with van der Waals surface area (Å²) in [5.74, 6) is -0.741. The summed E-state index contributed by atoms with van der Waals surface area (Å²) >= 11 is 0. The maximum absolute atomic E-state index is 13.2. The number of nitrogens with zero attached hydrogens (tertiary/aromatic N) is 1. The number of carbonyl (C=O) groups is 1. The van der Waals surface area contributed by atoms with Crippen molar-refractivity contribution in [1.82, 2.24) is 4.90 Å². The molecule has 0 spiro atoms. The minimum atomic E-state index is -0.816. The largest absolute Gasteiger partial charge is 0.480 e. The Hall–Kier alpha value is -1.46. The van der Waals surface area contributed by atoms with E-state index in [4.69, 9.17) is 9.84 Å². The summed E-state index contributed by atoms with van der Waals surface area (Å²) in [5.41, 5.74) is 0.962. The van der Waals surface area contributed by atoms with Crippen molar-refractivity contribution in [3.63, 3.8) is 0 Å². The lowest BCUT2D eigenvalue weighted by molar-refractivity contribution is -0.139. The van der Waals surface area contributed by atoms with Gasteiger partial charge >= 0.3 is 5.97 Å². The fraction of sp³-hybridized carbons (Fsp3) is 0.533. The second-order valence-electron chi connectivity index (χ2n) is 5.29. The van der Waals surface area contributed by atoms with Crippen LogP contribution >= 0.6 is 0 Å². The van der Waals surface area contributed by atoms with Crippen LogP contribution in [0.25, 0.3) is 0 Å². The molecule has 1 aromatic carbocycles. The number of likely N-dealkylation sites (tertiary alicyclic amines) is 1. The lowest BCUT2D eigenvalue weighted by atomic mass is 9.87. The molecular weight excluding hydrogens is 261 g/mol. The molecule has 0 saturated carbocycles. The van der Waals surface area contributed by atoms with Gasteiger partial charge in [-0.1, -0.05) is 12.1 Å². The molecule has 0 aliphatic carbocycles. The number of methoxy groups -OCH3 is 1. The number of piperidine rings is 1. The lowest BCUT2D eigenvalue weighted by Gasteiger charge is -2.37. The van der Waals surface area contributed by atoms with E-state index in [9.17, 15) is 9.18 Å². The summed E-state index contributed by atoms with van der Waals surface area (Å²) in [6.07, 6.45) is 1.62. The minimum absolute atomic E-state index is 0.00799. The molecule has 2 rings (SSSR count). The van der Waals surface area contributed by atoms with Gasteiger partial charge in [-0.15, -0.1) is 0 Å². The third-order valence-electron chi connectivity index (χ3n) is 3.83. The Morgan fingerprint density at radius 1 is 1.55 bits per heavy atom. The zero-order chi connectivity index (χ0) is 14.5. The lowest BCUT2D eigenvalue weighted by Crippen LogP contribution is -2.47. The molecule has 110 valence electrons. The van der Waals surface area contributed by atoms with E-state index < -0.39 is 5.97 Å². The Kier molecular flexibility index (Phi) is 5.09. The van der Waals surface area contributed by atoms with Crippen LogP contribution in [-0.2, 0) is 16.0 Å². The van der Waals surface area contributed by atoms with E-state index in [-0.39, 0.29) is 18.5 Å². The fourth-order valence-electron chi connectivity index (χ4n) is 2.83. The second-order valence-corrected chi connectivity index (χ2v) is 5.29. The van der Waals surface area contributed by atoms with E-state index in [0.717, 1.165) is 24.9 Å². The number of benzene rings is 1. The van der Waals surface area contributed by atoms with E-state index in [0.29, 0.717) is 12.5 Å². The fourth-order valence-corrected chi connectivity index (χ4v) is 2.83.